The molecular formula is C10H16N6O3S. The van der Waals surface area contributed by atoms with Crippen molar-refractivity contribution in [2.75, 3.05) is 6.26 Å². The van der Waals surface area contributed by atoms with Crippen LogP contribution in [-0.2, 0) is 9.73 Å². The molecule has 0 aromatic carbocycles. The van der Waals surface area contributed by atoms with E-state index in [2.05, 4.69) is 25.1 Å². The number of amidine groups is 1. The predicted octanol–water partition coefficient (Wildman–Crippen LogP) is 0.712. The van der Waals surface area contributed by atoms with E-state index in [1.807, 2.05) is 6.92 Å². The number of aliphatic imine (C=N–C) groups is 1. The topological polar surface area (TPSA) is 151 Å². The number of rotatable bonds is 4. The summed E-state index contributed by atoms with van der Waals surface area (Å²) in [6.45, 7) is 1.84. The predicted molar refractivity (Wildman–Crippen MR) is 72.9 cm³/mol. The van der Waals surface area contributed by atoms with Crippen molar-refractivity contribution in [3.05, 3.63) is 5.69 Å². The second-order valence-corrected chi connectivity index (χ2v) is 7.83. The van der Waals surface area contributed by atoms with Gasteiger partial charge in [-0.1, -0.05) is 5.16 Å². The molecule has 4 N–H and O–H groups in total. The Balaban J connectivity index is 2.06. The molecule has 0 radical (unpaired) electrons. The molecule has 20 heavy (non-hydrogen) atoms. The van der Waals surface area contributed by atoms with E-state index in [-0.39, 0.29) is 23.3 Å². The molecule has 1 heterocycles. The normalized spacial score (nSPS) is 30.1. The number of nitrogens with two attached hydrogens (primary N) is 1. The van der Waals surface area contributed by atoms with E-state index in [1.54, 1.807) is 6.21 Å². The molecule has 0 saturated heterocycles. The third-order valence-electron chi connectivity index (χ3n) is 3.56. The van der Waals surface area contributed by atoms with E-state index < -0.39 is 14.5 Å². The van der Waals surface area contributed by atoms with Gasteiger partial charge in [0, 0.05) is 22.2 Å². The van der Waals surface area contributed by atoms with Gasteiger partial charge in [0.05, 0.1) is 4.75 Å². The van der Waals surface area contributed by atoms with Crippen molar-refractivity contribution in [2.45, 2.75) is 24.5 Å². The minimum Gasteiger partial charge on any atom is -0.409 e. The molecule has 0 amide bonds. The van der Waals surface area contributed by atoms with Gasteiger partial charge >= 0.3 is 0 Å². The SMILES string of the molecule is CC1(S(C)(=N)=O)CC(/C=N\c2nonc2/C(N)=N\O)C1. The zero-order valence-corrected chi connectivity index (χ0v) is 11.9. The van der Waals surface area contributed by atoms with Crippen LogP contribution < -0.4 is 5.73 Å². The third-order valence-corrected chi connectivity index (χ3v) is 5.77. The first-order valence-corrected chi connectivity index (χ1v) is 7.81. The maximum atomic E-state index is 11.8. The summed E-state index contributed by atoms with van der Waals surface area (Å²) in [5.74, 6) is -0.000410. The van der Waals surface area contributed by atoms with Crippen LogP contribution in [0.25, 0.3) is 0 Å². The maximum Gasteiger partial charge on any atom is 0.227 e. The van der Waals surface area contributed by atoms with Gasteiger partial charge in [0.25, 0.3) is 0 Å². The third kappa shape index (κ3) is 2.50. The van der Waals surface area contributed by atoms with Gasteiger partial charge in [-0.25, -0.2) is 13.8 Å². The van der Waals surface area contributed by atoms with Gasteiger partial charge in [-0.2, -0.15) is 0 Å². The number of hydrogen-bond donors (Lipinski definition) is 3. The first-order valence-electron chi connectivity index (χ1n) is 5.85. The molecule has 10 heteroatoms. The number of nitrogens with one attached hydrogen (secondary N) is 1. The molecular weight excluding hydrogens is 284 g/mol. The second kappa shape index (κ2) is 4.85. The molecule has 110 valence electrons. The first-order chi connectivity index (χ1) is 9.27. The molecule has 1 unspecified atom stereocenters. The van der Waals surface area contributed by atoms with E-state index >= 15 is 0 Å². The monoisotopic (exact) mass is 300 g/mol. The molecule has 1 fully saturated rings. The van der Waals surface area contributed by atoms with Crippen molar-refractivity contribution >= 4 is 27.6 Å². The van der Waals surface area contributed by atoms with Crippen molar-refractivity contribution in [2.24, 2.45) is 21.8 Å². The second-order valence-electron chi connectivity index (χ2n) is 5.16. The fourth-order valence-electron chi connectivity index (χ4n) is 2.13. The largest absolute Gasteiger partial charge is 0.409 e. The van der Waals surface area contributed by atoms with Crippen LogP contribution in [0.1, 0.15) is 25.5 Å². The van der Waals surface area contributed by atoms with E-state index in [9.17, 15) is 4.21 Å². The number of hydrogen-bond acceptors (Lipinski definition) is 8. The van der Waals surface area contributed by atoms with Gasteiger partial charge in [-0.05, 0) is 36.0 Å². The molecule has 9 nitrogen and oxygen atoms in total. The lowest BCUT2D eigenvalue weighted by atomic mass is 9.76. The molecule has 1 aromatic heterocycles. The van der Waals surface area contributed by atoms with Crippen LogP contribution in [0.2, 0.25) is 0 Å². The van der Waals surface area contributed by atoms with Gasteiger partial charge in [-0.15, -0.1) is 0 Å². The Morgan fingerprint density at radius 1 is 1.65 bits per heavy atom. The van der Waals surface area contributed by atoms with Gasteiger partial charge in [0.15, 0.2) is 11.5 Å². The molecule has 2 rings (SSSR count). The Morgan fingerprint density at radius 3 is 2.85 bits per heavy atom. The minimum atomic E-state index is -2.58. The maximum absolute atomic E-state index is 11.8. The zero-order valence-electron chi connectivity index (χ0n) is 11.1. The highest BCUT2D eigenvalue weighted by Crippen LogP contribution is 2.42. The van der Waals surface area contributed by atoms with Crippen molar-refractivity contribution in [1.29, 1.82) is 4.78 Å². The Morgan fingerprint density at radius 2 is 2.30 bits per heavy atom. The lowest BCUT2D eigenvalue weighted by Gasteiger charge is -2.43. The summed E-state index contributed by atoms with van der Waals surface area (Å²) >= 11 is 0. The van der Waals surface area contributed by atoms with Crippen LogP contribution >= 0.6 is 0 Å². The Hall–Kier alpha value is -1.97. The van der Waals surface area contributed by atoms with Crippen LogP contribution in [0, 0.1) is 10.7 Å². The Kier molecular flexibility index (Phi) is 3.50. The van der Waals surface area contributed by atoms with Gasteiger partial charge in [0.2, 0.25) is 5.82 Å². The fraction of sp³-hybridized carbons (Fsp3) is 0.600. The molecule has 1 saturated carbocycles. The van der Waals surface area contributed by atoms with Crippen LogP contribution in [0.4, 0.5) is 5.82 Å². The summed E-state index contributed by atoms with van der Waals surface area (Å²) < 4.78 is 23.4. The smallest absolute Gasteiger partial charge is 0.227 e. The average molecular weight is 300 g/mol. The molecule has 0 aliphatic heterocycles. The summed E-state index contributed by atoms with van der Waals surface area (Å²) in [6, 6.07) is 0. The van der Waals surface area contributed by atoms with E-state index in [1.165, 1.54) is 6.26 Å². The molecule has 0 bridgehead atoms. The lowest BCUT2D eigenvalue weighted by molar-refractivity contribution is 0.304. The van der Waals surface area contributed by atoms with Crippen LogP contribution in [0.15, 0.2) is 14.8 Å². The summed E-state index contributed by atoms with van der Waals surface area (Å²) in [5, 5.41) is 18.4. The van der Waals surface area contributed by atoms with Crippen LogP contribution in [-0.4, -0.2) is 42.8 Å². The minimum absolute atomic E-state index is 0.0608. The van der Waals surface area contributed by atoms with E-state index in [0.29, 0.717) is 12.8 Å². The lowest BCUT2D eigenvalue weighted by Crippen LogP contribution is -2.47. The van der Waals surface area contributed by atoms with Crippen molar-refractivity contribution in [1.82, 2.24) is 10.3 Å². The molecule has 1 aromatic rings. The highest BCUT2D eigenvalue weighted by molar-refractivity contribution is 7.93. The zero-order chi connectivity index (χ0) is 15.0. The Labute approximate surface area is 115 Å². The molecule has 1 aliphatic rings. The highest BCUT2D eigenvalue weighted by Gasteiger charge is 2.45. The summed E-state index contributed by atoms with van der Waals surface area (Å²) in [5.41, 5.74) is 5.45. The standard InChI is InChI=1S/C10H16N6O3S/c1-10(20(2,12)18)3-6(4-10)5-13-9-7(8(11)14-17)15-19-16-9/h5-6,12,17H,3-4H2,1-2H3,(H2,11,14)/b13-5-. The number of oxime groups is 1. The summed E-state index contributed by atoms with van der Waals surface area (Å²) in [7, 11) is -2.58. The fourth-order valence-corrected chi connectivity index (χ4v) is 3.19. The van der Waals surface area contributed by atoms with E-state index in [4.69, 9.17) is 15.7 Å². The van der Waals surface area contributed by atoms with Crippen molar-refractivity contribution < 1.29 is 14.0 Å². The summed E-state index contributed by atoms with van der Waals surface area (Å²) in [6.07, 6.45) is 4.35. The average Bonchev–Trinajstić information content (AvgIpc) is 2.79. The number of nitrogens with zero attached hydrogens (tertiary/aromatic N) is 4. The molecule has 1 atom stereocenters. The quantitative estimate of drug-likeness (QED) is 0.322. The number of aromatic nitrogens is 2. The molecule has 0 spiro atoms. The van der Waals surface area contributed by atoms with Crippen LogP contribution in [0.5, 0.6) is 0 Å². The first kappa shape index (κ1) is 14.4. The van der Waals surface area contributed by atoms with Gasteiger partial charge < -0.3 is 10.9 Å². The molecule has 1 aliphatic carbocycles. The highest BCUT2D eigenvalue weighted by atomic mass is 32.2. The van der Waals surface area contributed by atoms with Crippen molar-refractivity contribution in [3.63, 3.8) is 0 Å². The Bertz CT molecular complexity index is 656. The van der Waals surface area contributed by atoms with Crippen molar-refractivity contribution in [3.8, 4) is 0 Å². The van der Waals surface area contributed by atoms with Crippen LogP contribution in [0.3, 0.4) is 0 Å². The van der Waals surface area contributed by atoms with Gasteiger partial charge in [-0.3, -0.25) is 4.78 Å². The summed E-state index contributed by atoms with van der Waals surface area (Å²) in [4.78, 5) is 4.09. The van der Waals surface area contributed by atoms with Gasteiger partial charge in [0.1, 0.15) is 0 Å². The van der Waals surface area contributed by atoms with E-state index in [0.717, 1.165) is 0 Å².